The number of carbonyl (C=O) groups is 1. The zero-order chi connectivity index (χ0) is 15.6. The molecule has 108 valence electrons. The minimum absolute atomic E-state index is 0.0541. The number of nitro groups is 1. The summed E-state index contributed by atoms with van der Waals surface area (Å²) in [6, 6.07) is 4.24. The van der Waals surface area contributed by atoms with Gasteiger partial charge < -0.3 is 10.5 Å². The number of hydrogen-bond donors (Lipinski definition) is 1. The molecular formula is C12H7ClFN3O4. The standard InChI is InChI=1S/C12H7ClFN3O4/c13-7-4-8(14)12(16-5-7)21-10-2-1-6(11(15)18)3-9(10)17(19)20/h1-5H,(H2,15,18). The fraction of sp³-hybridized carbons (Fsp3) is 0. The summed E-state index contributed by atoms with van der Waals surface area (Å²) < 4.78 is 18.6. The first kappa shape index (κ1) is 14.7. The van der Waals surface area contributed by atoms with Gasteiger partial charge in [-0.05, 0) is 18.2 Å². The molecule has 9 heteroatoms. The van der Waals surface area contributed by atoms with E-state index < -0.39 is 28.2 Å². The van der Waals surface area contributed by atoms with Crippen LogP contribution in [0.25, 0.3) is 0 Å². The highest BCUT2D eigenvalue weighted by Crippen LogP contribution is 2.32. The van der Waals surface area contributed by atoms with E-state index in [2.05, 4.69) is 4.98 Å². The van der Waals surface area contributed by atoms with Crippen molar-refractivity contribution >= 4 is 23.2 Å². The van der Waals surface area contributed by atoms with Gasteiger partial charge in [-0.3, -0.25) is 14.9 Å². The number of nitrogens with zero attached hydrogens (tertiary/aromatic N) is 2. The molecule has 0 saturated heterocycles. The van der Waals surface area contributed by atoms with E-state index in [9.17, 15) is 19.3 Å². The first-order valence-corrected chi connectivity index (χ1v) is 5.83. The third-order valence-electron chi connectivity index (χ3n) is 2.42. The van der Waals surface area contributed by atoms with Crippen molar-refractivity contribution in [3.63, 3.8) is 0 Å². The lowest BCUT2D eigenvalue weighted by atomic mass is 10.2. The van der Waals surface area contributed by atoms with Crippen molar-refractivity contribution in [3.05, 3.63) is 57.0 Å². The number of rotatable bonds is 4. The summed E-state index contributed by atoms with van der Waals surface area (Å²) in [6.07, 6.45) is 1.13. The van der Waals surface area contributed by atoms with Gasteiger partial charge in [0.25, 0.3) is 5.88 Å². The summed E-state index contributed by atoms with van der Waals surface area (Å²) >= 11 is 5.54. The first-order valence-electron chi connectivity index (χ1n) is 5.45. The van der Waals surface area contributed by atoms with E-state index in [1.165, 1.54) is 6.07 Å². The van der Waals surface area contributed by atoms with Gasteiger partial charge >= 0.3 is 5.69 Å². The summed E-state index contributed by atoms with van der Waals surface area (Å²) in [5, 5.41) is 11.0. The molecule has 0 radical (unpaired) electrons. The third-order valence-corrected chi connectivity index (χ3v) is 2.63. The molecule has 0 aliphatic carbocycles. The highest BCUT2D eigenvalue weighted by Gasteiger charge is 2.20. The van der Waals surface area contributed by atoms with Crippen molar-refractivity contribution in [1.29, 1.82) is 0 Å². The Labute approximate surface area is 122 Å². The van der Waals surface area contributed by atoms with Crippen LogP contribution < -0.4 is 10.5 Å². The molecule has 2 N–H and O–H groups in total. The molecule has 0 saturated carbocycles. The Bertz CT molecular complexity index is 738. The summed E-state index contributed by atoms with van der Waals surface area (Å²) in [6.45, 7) is 0. The number of benzene rings is 1. The number of primary amides is 1. The number of halogens is 2. The Morgan fingerprint density at radius 2 is 2.14 bits per heavy atom. The number of carbonyl (C=O) groups excluding carboxylic acids is 1. The van der Waals surface area contributed by atoms with Crippen LogP contribution in [0.15, 0.2) is 30.5 Å². The summed E-state index contributed by atoms with van der Waals surface area (Å²) in [5.41, 5.74) is 4.43. The summed E-state index contributed by atoms with van der Waals surface area (Å²) in [7, 11) is 0. The monoisotopic (exact) mass is 311 g/mol. The van der Waals surface area contributed by atoms with Crippen molar-refractivity contribution in [3.8, 4) is 11.6 Å². The Balaban J connectivity index is 2.44. The number of pyridine rings is 1. The molecule has 21 heavy (non-hydrogen) atoms. The Morgan fingerprint density at radius 1 is 1.43 bits per heavy atom. The number of nitrogens with two attached hydrogens (primary N) is 1. The van der Waals surface area contributed by atoms with Crippen LogP contribution in [0.5, 0.6) is 11.6 Å². The van der Waals surface area contributed by atoms with Crippen molar-refractivity contribution in [2.75, 3.05) is 0 Å². The van der Waals surface area contributed by atoms with E-state index in [1.807, 2.05) is 0 Å². The van der Waals surface area contributed by atoms with Crippen LogP contribution in [0, 0.1) is 15.9 Å². The molecule has 0 fully saturated rings. The summed E-state index contributed by atoms with van der Waals surface area (Å²) in [4.78, 5) is 24.8. The van der Waals surface area contributed by atoms with Gasteiger partial charge in [0.15, 0.2) is 5.82 Å². The van der Waals surface area contributed by atoms with Crippen molar-refractivity contribution < 1.29 is 18.8 Å². The van der Waals surface area contributed by atoms with Gasteiger partial charge in [-0.15, -0.1) is 0 Å². The fourth-order valence-electron chi connectivity index (χ4n) is 1.48. The minimum Gasteiger partial charge on any atom is -0.429 e. The smallest absolute Gasteiger partial charge is 0.312 e. The van der Waals surface area contributed by atoms with Gasteiger partial charge in [0.1, 0.15) is 0 Å². The molecule has 0 aliphatic rings. The number of hydrogen-bond acceptors (Lipinski definition) is 5. The zero-order valence-corrected chi connectivity index (χ0v) is 11.0. The highest BCUT2D eigenvalue weighted by atomic mass is 35.5. The second-order valence-corrected chi connectivity index (χ2v) is 4.28. The number of ether oxygens (including phenoxy) is 1. The Morgan fingerprint density at radius 3 is 2.71 bits per heavy atom. The Kier molecular flexibility index (Phi) is 3.99. The van der Waals surface area contributed by atoms with Gasteiger partial charge in [-0.1, -0.05) is 11.6 Å². The lowest BCUT2D eigenvalue weighted by molar-refractivity contribution is -0.385. The van der Waals surface area contributed by atoms with Gasteiger partial charge in [0.05, 0.1) is 9.95 Å². The zero-order valence-electron chi connectivity index (χ0n) is 10.2. The molecule has 0 spiro atoms. The van der Waals surface area contributed by atoms with Crippen molar-refractivity contribution in [2.24, 2.45) is 5.73 Å². The van der Waals surface area contributed by atoms with E-state index in [-0.39, 0.29) is 16.3 Å². The van der Waals surface area contributed by atoms with Crippen LogP contribution >= 0.6 is 11.6 Å². The van der Waals surface area contributed by atoms with Crippen LogP contribution in [0.3, 0.4) is 0 Å². The maximum atomic E-state index is 13.6. The van der Waals surface area contributed by atoms with Crippen molar-refractivity contribution in [2.45, 2.75) is 0 Å². The van der Waals surface area contributed by atoms with Crippen LogP contribution in [-0.4, -0.2) is 15.8 Å². The van der Waals surface area contributed by atoms with E-state index in [1.54, 1.807) is 0 Å². The average Bonchev–Trinajstić information content (AvgIpc) is 2.41. The molecule has 2 aromatic rings. The minimum atomic E-state index is -0.879. The third kappa shape index (κ3) is 3.23. The largest absolute Gasteiger partial charge is 0.429 e. The average molecular weight is 312 g/mol. The molecule has 1 heterocycles. The molecule has 0 atom stereocenters. The normalized spacial score (nSPS) is 10.2. The maximum Gasteiger partial charge on any atom is 0.312 e. The molecule has 2 rings (SSSR count). The van der Waals surface area contributed by atoms with Gasteiger partial charge in [-0.25, -0.2) is 9.37 Å². The SMILES string of the molecule is NC(=O)c1ccc(Oc2ncc(Cl)cc2F)c([N+](=O)[O-])c1. The number of nitro benzene ring substituents is 1. The van der Waals surface area contributed by atoms with Crippen LogP contribution in [-0.2, 0) is 0 Å². The van der Waals surface area contributed by atoms with Crippen LogP contribution in [0.1, 0.15) is 10.4 Å². The van der Waals surface area contributed by atoms with E-state index >= 15 is 0 Å². The number of aromatic nitrogens is 1. The molecule has 1 amide bonds. The second-order valence-electron chi connectivity index (χ2n) is 3.85. The molecular weight excluding hydrogens is 305 g/mol. The van der Waals surface area contributed by atoms with E-state index in [4.69, 9.17) is 22.1 Å². The molecule has 1 aromatic heterocycles. The molecule has 0 aliphatic heterocycles. The van der Waals surface area contributed by atoms with Crippen LogP contribution in [0.4, 0.5) is 10.1 Å². The van der Waals surface area contributed by atoms with Crippen molar-refractivity contribution in [1.82, 2.24) is 4.98 Å². The lowest BCUT2D eigenvalue weighted by Crippen LogP contribution is -2.11. The van der Waals surface area contributed by atoms with Gasteiger partial charge in [0.2, 0.25) is 11.7 Å². The second kappa shape index (κ2) is 5.71. The predicted molar refractivity (Wildman–Crippen MR) is 70.9 cm³/mol. The topological polar surface area (TPSA) is 108 Å². The number of amides is 1. The highest BCUT2D eigenvalue weighted by molar-refractivity contribution is 6.30. The van der Waals surface area contributed by atoms with E-state index in [0.29, 0.717) is 0 Å². The Hall–Kier alpha value is -2.74. The van der Waals surface area contributed by atoms with Gasteiger partial charge in [0, 0.05) is 17.8 Å². The predicted octanol–water partition coefficient (Wildman–Crippen LogP) is 2.67. The molecule has 0 unspecified atom stereocenters. The quantitative estimate of drug-likeness (QED) is 0.689. The maximum absolute atomic E-state index is 13.6. The van der Waals surface area contributed by atoms with Crippen LogP contribution in [0.2, 0.25) is 5.02 Å². The molecule has 1 aromatic carbocycles. The first-order chi connectivity index (χ1) is 9.88. The summed E-state index contributed by atoms with van der Waals surface area (Å²) in [5.74, 6) is -2.47. The molecule has 0 bridgehead atoms. The lowest BCUT2D eigenvalue weighted by Gasteiger charge is -2.07. The van der Waals surface area contributed by atoms with E-state index in [0.717, 1.165) is 24.4 Å². The molecule has 7 nitrogen and oxygen atoms in total. The fourth-order valence-corrected chi connectivity index (χ4v) is 1.63. The van der Waals surface area contributed by atoms with Gasteiger partial charge in [-0.2, -0.15) is 0 Å².